The number of unbranched alkanes of at least 4 members (excludes halogenated alkanes) is 2. The molecule has 2 unspecified atom stereocenters. The van der Waals surface area contributed by atoms with Crippen molar-refractivity contribution < 1.29 is 24.0 Å². The van der Waals surface area contributed by atoms with Gasteiger partial charge in [0, 0.05) is 0 Å². The van der Waals surface area contributed by atoms with Crippen LogP contribution in [-0.2, 0) is 24.3 Å². The number of rotatable bonds is 18. The fourth-order valence-electron chi connectivity index (χ4n) is 3.21. The van der Waals surface area contributed by atoms with E-state index >= 15 is 0 Å². The molecule has 0 heterocycles. The van der Waals surface area contributed by atoms with Crippen LogP contribution in [0.25, 0.3) is 0 Å². The van der Waals surface area contributed by atoms with Gasteiger partial charge < -0.3 is 0 Å². The molecule has 0 fully saturated rings. The van der Waals surface area contributed by atoms with Crippen LogP contribution in [0.4, 0.5) is 0 Å². The Morgan fingerprint density at radius 3 is 2.34 bits per heavy atom. The van der Waals surface area contributed by atoms with Gasteiger partial charge in [-0.15, -0.1) is 0 Å². The van der Waals surface area contributed by atoms with Crippen LogP contribution >= 0.6 is 20.9 Å². The molecule has 1 aromatic carbocycles. The summed E-state index contributed by atoms with van der Waals surface area (Å²) in [5.74, 6) is 0. The first kappa shape index (κ1) is 32.8. The molecule has 0 saturated heterocycles. The van der Waals surface area contributed by atoms with E-state index in [4.69, 9.17) is 18.9 Å². The molecule has 0 aromatic heterocycles. The van der Waals surface area contributed by atoms with E-state index in [9.17, 15) is 5.11 Å². The Kier molecular flexibility index (Phi) is 17.0. The minimum absolute atomic E-state index is 0.0400. The van der Waals surface area contributed by atoms with Gasteiger partial charge in [-0.05, 0) is 0 Å². The summed E-state index contributed by atoms with van der Waals surface area (Å²) in [4.78, 5) is 1.14. The van der Waals surface area contributed by atoms with Gasteiger partial charge in [-0.3, -0.25) is 0 Å². The first-order valence-electron chi connectivity index (χ1n) is 12.9. The Hall–Kier alpha value is -0.230. The SMILES string of the molecule is CCCCOCC(O[C@@H](Sc1cc(C(C)(C)C)ccc1C)[C@H](COB=BP)OCCCC)[C@H](C)O. The summed E-state index contributed by atoms with van der Waals surface area (Å²) >= 11 is 1.64. The number of aliphatic hydroxyl groups is 1. The van der Waals surface area contributed by atoms with E-state index in [2.05, 4.69) is 68.9 Å². The maximum atomic E-state index is 10.5. The van der Waals surface area contributed by atoms with Crippen LogP contribution in [0.3, 0.4) is 0 Å². The second-order valence-electron chi connectivity index (χ2n) is 9.98. The molecule has 198 valence electrons. The molecule has 0 aliphatic carbocycles. The Bertz CT molecular complexity index is 730. The van der Waals surface area contributed by atoms with Crippen molar-refractivity contribution in [2.75, 3.05) is 26.4 Å². The predicted molar refractivity (Wildman–Crippen MR) is 154 cm³/mol. The van der Waals surface area contributed by atoms with Crippen molar-refractivity contribution in [2.45, 2.75) is 108 Å². The van der Waals surface area contributed by atoms with Gasteiger partial charge in [0.2, 0.25) is 0 Å². The van der Waals surface area contributed by atoms with Crippen LogP contribution in [0.2, 0.25) is 0 Å². The van der Waals surface area contributed by atoms with Crippen LogP contribution < -0.4 is 0 Å². The first-order valence-corrected chi connectivity index (χ1v) is 14.5. The zero-order chi connectivity index (χ0) is 26.3. The Morgan fingerprint density at radius 2 is 1.74 bits per heavy atom. The van der Waals surface area contributed by atoms with Crippen LogP contribution in [0.5, 0.6) is 0 Å². The molecule has 0 amide bonds. The third-order valence-electron chi connectivity index (χ3n) is 5.64. The van der Waals surface area contributed by atoms with Gasteiger partial charge in [0.05, 0.1) is 0 Å². The zero-order valence-electron chi connectivity index (χ0n) is 22.9. The molecule has 5 nitrogen and oxygen atoms in total. The molecular weight excluding hydrogens is 477 g/mol. The topological polar surface area (TPSA) is 57.2 Å². The van der Waals surface area contributed by atoms with Crippen molar-refractivity contribution in [3.63, 3.8) is 0 Å². The summed E-state index contributed by atoms with van der Waals surface area (Å²) in [5.41, 5.74) is 2.11. The molecule has 1 rings (SSSR count). The van der Waals surface area contributed by atoms with Gasteiger partial charge in [0.1, 0.15) is 0 Å². The summed E-state index contributed by atoms with van der Waals surface area (Å²) in [7, 11) is 4.16. The van der Waals surface area contributed by atoms with Crippen molar-refractivity contribution in [2.24, 2.45) is 0 Å². The van der Waals surface area contributed by atoms with Crippen LogP contribution in [0.15, 0.2) is 23.1 Å². The Balaban J connectivity index is 3.24. The number of benzene rings is 1. The molecule has 0 spiro atoms. The van der Waals surface area contributed by atoms with Crippen molar-refractivity contribution in [3.8, 4) is 0 Å². The average Bonchev–Trinajstić information content (AvgIpc) is 2.80. The van der Waals surface area contributed by atoms with Gasteiger partial charge in [0.15, 0.2) is 0 Å². The second-order valence-corrected chi connectivity index (χ2v) is 11.5. The van der Waals surface area contributed by atoms with Crippen molar-refractivity contribution in [1.82, 2.24) is 0 Å². The molecule has 0 aliphatic heterocycles. The number of ether oxygens (including phenoxy) is 3. The van der Waals surface area contributed by atoms with Crippen LogP contribution in [0.1, 0.15) is 78.4 Å². The van der Waals surface area contributed by atoms with Crippen LogP contribution in [0, 0.1) is 6.92 Å². The molecule has 0 saturated carbocycles. The van der Waals surface area contributed by atoms with Gasteiger partial charge in [-0.1, -0.05) is 0 Å². The maximum absolute atomic E-state index is 10.5. The van der Waals surface area contributed by atoms with Crippen molar-refractivity contribution >= 4 is 34.4 Å². The number of aryl methyl sites for hydroxylation is 1. The molecule has 0 bridgehead atoms. The zero-order valence-corrected chi connectivity index (χ0v) is 24.9. The molecule has 9 heteroatoms. The predicted octanol–water partition coefficient (Wildman–Crippen LogP) is 5.52. The van der Waals surface area contributed by atoms with Gasteiger partial charge >= 0.3 is 222 Å². The molecule has 0 radical (unpaired) electrons. The van der Waals surface area contributed by atoms with E-state index in [1.54, 1.807) is 32.2 Å². The van der Waals surface area contributed by atoms with E-state index in [1.807, 2.05) is 0 Å². The molecule has 35 heavy (non-hydrogen) atoms. The third-order valence-corrected chi connectivity index (χ3v) is 7.14. The quantitative estimate of drug-likeness (QED) is 0.0898. The molecule has 5 atom stereocenters. The standard InChI is InChI=1S/C26H47B2O5PS/c1-8-10-14-30-17-22(20(4)29)33-25(23(18-32-27-28-34)31-15-11-9-2)35-24-16-21(26(5,6)7)13-12-19(24)3/h12-13,16,20,22-23,25,29H,8-11,14-15,17-18,34H2,1-7H3/t20-,22?,23-,25-/m0/s1. The van der Waals surface area contributed by atoms with Gasteiger partial charge in [-0.25, -0.2) is 0 Å². The van der Waals surface area contributed by atoms with Crippen molar-refractivity contribution in [3.05, 3.63) is 29.3 Å². The summed E-state index contributed by atoms with van der Waals surface area (Å²) in [6.07, 6.45) is 2.60. The van der Waals surface area contributed by atoms with E-state index in [0.717, 1.165) is 30.6 Å². The molecule has 0 aliphatic rings. The summed E-state index contributed by atoms with van der Waals surface area (Å²) in [6.45, 7) is 18.6. The Morgan fingerprint density at radius 1 is 1.06 bits per heavy atom. The molecular formula is C26H47B2O5PS. The second kappa shape index (κ2) is 18.1. The average molecular weight is 524 g/mol. The minimum atomic E-state index is -0.675. The molecule has 1 aromatic rings. The molecule has 1 N–H and O–H groups in total. The monoisotopic (exact) mass is 524 g/mol. The fourth-order valence-corrected chi connectivity index (χ4v) is 4.53. The van der Waals surface area contributed by atoms with Gasteiger partial charge in [-0.2, -0.15) is 0 Å². The number of hydrogen-bond acceptors (Lipinski definition) is 6. The normalized spacial score (nSPS) is 15.3. The number of thioether (sulfide) groups is 1. The fraction of sp³-hybridized carbons (Fsp3) is 0.769. The third kappa shape index (κ3) is 13.2. The van der Waals surface area contributed by atoms with Gasteiger partial charge in [0.25, 0.3) is 0 Å². The van der Waals surface area contributed by atoms with E-state index < -0.39 is 12.2 Å². The Labute approximate surface area is 222 Å². The summed E-state index contributed by atoms with van der Waals surface area (Å²) in [5, 5.41) is 10.5. The summed E-state index contributed by atoms with van der Waals surface area (Å²) in [6, 6.07) is 6.61. The van der Waals surface area contributed by atoms with Crippen LogP contribution in [-0.4, -0.2) is 68.8 Å². The number of hydrogen-bond donors (Lipinski definition) is 1. The van der Waals surface area contributed by atoms with E-state index in [1.165, 1.54) is 11.1 Å². The first-order chi connectivity index (χ1) is 16.6. The van der Waals surface area contributed by atoms with E-state index in [0.29, 0.717) is 26.4 Å². The van der Waals surface area contributed by atoms with Crippen molar-refractivity contribution in [1.29, 1.82) is 0 Å². The van der Waals surface area contributed by atoms with E-state index in [-0.39, 0.29) is 17.0 Å². The summed E-state index contributed by atoms with van der Waals surface area (Å²) < 4.78 is 24.4. The number of aliphatic hydroxyl groups excluding tert-OH is 1.